The predicted octanol–water partition coefficient (Wildman–Crippen LogP) is 1.83. The second kappa shape index (κ2) is 9.05. The molecular formula is C6H16Cl2N2. The number of aliphatic imine (C=N–C) groups is 1. The summed E-state index contributed by atoms with van der Waals surface area (Å²) in [5, 5.41) is 0. The maximum atomic E-state index is 4.12. The van der Waals surface area contributed by atoms with Crippen LogP contribution in [0.15, 0.2) is 4.99 Å². The molecule has 0 atom stereocenters. The second-order valence-corrected chi connectivity index (χ2v) is 2.32. The number of rotatable bonds is 2. The summed E-state index contributed by atoms with van der Waals surface area (Å²) in [5.41, 5.74) is 0. The SMILES string of the molecule is CC(C)N=CN(C)C.Cl.Cl. The van der Waals surface area contributed by atoms with E-state index in [1.807, 2.05) is 25.3 Å². The third-order valence-corrected chi connectivity index (χ3v) is 0.596. The zero-order chi connectivity index (χ0) is 6.57. The molecule has 0 bridgehead atoms. The van der Waals surface area contributed by atoms with Gasteiger partial charge >= 0.3 is 0 Å². The van der Waals surface area contributed by atoms with E-state index >= 15 is 0 Å². The van der Waals surface area contributed by atoms with Crippen molar-refractivity contribution in [1.29, 1.82) is 0 Å². The van der Waals surface area contributed by atoms with E-state index in [0.717, 1.165) is 0 Å². The monoisotopic (exact) mass is 186 g/mol. The maximum Gasteiger partial charge on any atom is 0.0847 e. The van der Waals surface area contributed by atoms with Gasteiger partial charge in [-0.1, -0.05) is 0 Å². The van der Waals surface area contributed by atoms with Crippen molar-refractivity contribution in [2.75, 3.05) is 14.1 Å². The molecule has 0 N–H and O–H groups in total. The van der Waals surface area contributed by atoms with Crippen LogP contribution in [0.5, 0.6) is 0 Å². The van der Waals surface area contributed by atoms with Crippen molar-refractivity contribution >= 4 is 31.2 Å². The minimum atomic E-state index is 0. The van der Waals surface area contributed by atoms with Crippen molar-refractivity contribution in [2.45, 2.75) is 19.9 Å². The van der Waals surface area contributed by atoms with Crippen LogP contribution in [-0.2, 0) is 0 Å². The third-order valence-electron chi connectivity index (χ3n) is 0.596. The Morgan fingerprint density at radius 3 is 1.70 bits per heavy atom. The molecule has 2 nitrogen and oxygen atoms in total. The lowest BCUT2D eigenvalue weighted by Gasteiger charge is -2.02. The van der Waals surface area contributed by atoms with Crippen molar-refractivity contribution in [3.63, 3.8) is 0 Å². The summed E-state index contributed by atoms with van der Waals surface area (Å²) in [4.78, 5) is 6.06. The predicted molar refractivity (Wildman–Crippen MR) is 51.8 cm³/mol. The van der Waals surface area contributed by atoms with Gasteiger partial charge in [0.25, 0.3) is 0 Å². The molecule has 0 rings (SSSR count). The molecule has 0 aliphatic carbocycles. The normalized spacial score (nSPS) is 8.90. The highest BCUT2D eigenvalue weighted by atomic mass is 35.5. The van der Waals surface area contributed by atoms with Crippen LogP contribution in [0.3, 0.4) is 0 Å². The first-order valence-electron chi connectivity index (χ1n) is 2.82. The Hall–Kier alpha value is 0.0500. The van der Waals surface area contributed by atoms with Crippen molar-refractivity contribution in [1.82, 2.24) is 4.90 Å². The molecular weight excluding hydrogens is 171 g/mol. The Bertz CT molecular complexity index is 71.8. The van der Waals surface area contributed by atoms with E-state index in [4.69, 9.17) is 0 Å². The Labute approximate surface area is 75.5 Å². The van der Waals surface area contributed by atoms with E-state index in [0.29, 0.717) is 6.04 Å². The van der Waals surface area contributed by atoms with Gasteiger partial charge in [0, 0.05) is 20.1 Å². The molecule has 0 saturated heterocycles. The van der Waals surface area contributed by atoms with Crippen LogP contribution in [-0.4, -0.2) is 31.4 Å². The van der Waals surface area contributed by atoms with Gasteiger partial charge in [-0.2, -0.15) is 0 Å². The van der Waals surface area contributed by atoms with Crippen molar-refractivity contribution in [2.24, 2.45) is 4.99 Å². The van der Waals surface area contributed by atoms with Crippen LogP contribution < -0.4 is 0 Å². The largest absolute Gasteiger partial charge is 0.369 e. The molecule has 0 unspecified atom stereocenters. The molecule has 0 aromatic rings. The smallest absolute Gasteiger partial charge is 0.0847 e. The molecule has 0 spiro atoms. The Kier molecular flexibility index (Phi) is 15.0. The summed E-state index contributed by atoms with van der Waals surface area (Å²) in [7, 11) is 3.93. The number of nitrogens with zero attached hydrogens (tertiary/aromatic N) is 2. The first-order chi connectivity index (χ1) is 3.63. The fourth-order valence-corrected chi connectivity index (χ4v) is 0.267. The fraction of sp³-hybridized carbons (Fsp3) is 0.833. The summed E-state index contributed by atoms with van der Waals surface area (Å²) in [5.74, 6) is 0. The molecule has 0 heterocycles. The molecule has 0 radical (unpaired) electrons. The lowest BCUT2D eigenvalue weighted by molar-refractivity contribution is 0.632. The highest BCUT2D eigenvalue weighted by Gasteiger charge is 1.82. The Morgan fingerprint density at radius 2 is 1.60 bits per heavy atom. The first-order valence-corrected chi connectivity index (χ1v) is 2.82. The van der Waals surface area contributed by atoms with Gasteiger partial charge in [-0.15, -0.1) is 24.8 Å². The van der Waals surface area contributed by atoms with Gasteiger partial charge < -0.3 is 4.90 Å². The summed E-state index contributed by atoms with van der Waals surface area (Å²) in [6.07, 6.45) is 1.82. The summed E-state index contributed by atoms with van der Waals surface area (Å²) < 4.78 is 0. The molecule has 0 aliphatic rings. The molecule has 10 heavy (non-hydrogen) atoms. The highest BCUT2D eigenvalue weighted by Crippen LogP contribution is 1.82. The van der Waals surface area contributed by atoms with Crippen molar-refractivity contribution in [3.05, 3.63) is 0 Å². The third kappa shape index (κ3) is 15.7. The van der Waals surface area contributed by atoms with E-state index in [-0.39, 0.29) is 24.8 Å². The van der Waals surface area contributed by atoms with E-state index in [9.17, 15) is 0 Å². The lowest BCUT2D eigenvalue weighted by atomic mass is 10.4. The Balaban J connectivity index is -0.000000245. The molecule has 64 valence electrons. The number of hydrogen-bond donors (Lipinski definition) is 0. The van der Waals surface area contributed by atoms with Crippen LogP contribution in [0.1, 0.15) is 13.8 Å². The summed E-state index contributed by atoms with van der Waals surface area (Å²) >= 11 is 0. The van der Waals surface area contributed by atoms with E-state index in [2.05, 4.69) is 18.8 Å². The standard InChI is InChI=1S/C6H14N2.2ClH/c1-6(2)7-5-8(3)4;;/h5-6H,1-4H3;2*1H. The first kappa shape index (κ1) is 16.6. The quantitative estimate of drug-likeness (QED) is 0.475. The average Bonchev–Trinajstić information content (AvgIpc) is 1.61. The minimum Gasteiger partial charge on any atom is -0.369 e. The van der Waals surface area contributed by atoms with Gasteiger partial charge in [0.2, 0.25) is 0 Å². The van der Waals surface area contributed by atoms with Crippen molar-refractivity contribution in [3.8, 4) is 0 Å². The van der Waals surface area contributed by atoms with E-state index in [1.165, 1.54) is 0 Å². The molecule has 0 aliphatic heterocycles. The lowest BCUT2D eigenvalue weighted by Crippen LogP contribution is -2.09. The van der Waals surface area contributed by atoms with Crippen LogP contribution in [0.2, 0.25) is 0 Å². The van der Waals surface area contributed by atoms with E-state index in [1.54, 1.807) is 0 Å². The molecule has 0 saturated carbocycles. The van der Waals surface area contributed by atoms with Crippen molar-refractivity contribution < 1.29 is 0 Å². The number of hydrogen-bond acceptors (Lipinski definition) is 1. The summed E-state index contributed by atoms with van der Waals surface area (Å²) in [6, 6.07) is 0.414. The van der Waals surface area contributed by atoms with Gasteiger partial charge in [-0.25, -0.2) is 0 Å². The Morgan fingerprint density at radius 1 is 1.20 bits per heavy atom. The fourth-order valence-electron chi connectivity index (χ4n) is 0.267. The van der Waals surface area contributed by atoms with Crippen LogP contribution in [0.25, 0.3) is 0 Å². The maximum absolute atomic E-state index is 4.12. The zero-order valence-corrected chi connectivity index (χ0v) is 8.50. The molecule has 0 fully saturated rings. The molecule has 4 heteroatoms. The second-order valence-electron chi connectivity index (χ2n) is 2.32. The van der Waals surface area contributed by atoms with Crippen LogP contribution in [0.4, 0.5) is 0 Å². The van der Waals surface area contributed by atoms with Crippen LogP contribution >= 0.6 is 24.8 Å². The average molecular weight is 187 g/mol. The topological polar surface area (TPSA) is 15.6 Å². The van der Waals surface area contributed by atoms with E-state index < -0.39 is 0 Å². The molecule has 0 amide bonds. The van der Waals surface area contributed by atoms with Crippen LogP contribution in [0, 0.1) is 0 Å². The van der Waals surface area contributed by atoms with Gasteiger partial charge in [0.05, 0.1) is 6.34 Å². The molecule has 0 aromatic heterocycles. The minimum absolute atomic E-state index is 0. The molecule has 0 aromatic carbocycles. The van der Waals surface area contributed by atoms with Gasteiger partial charge in [-0.05, 0) is 13.8 Å². The summed E-state index contributed by atoms with van der Waals surface area (Å²) in [6.45, 7) is 4.11. The van der Waals surface area contributed by atoms with Gasteiger partial charge in [-0.3, -0.25) is 4.99 Å². The number of halogens is 2. The highest BCUT2D eigenvalue weighted by molar-refractivity contribution is 5.85. The van der Waals surface area contributed by atoms with Gasteiger partial charge in [0.1, 0.15) is 0 Å². The zero-order valence-electron chi connectivity index (χ0n) is 6.87. The van der Waals surface area contributed by atoms with Gasteiger partial charge in [0.15, 0.2) is 0 Å².